The minimum atomic E-state index is 1.20. The molecule has 2 heteroatoms. The fourth-order valence-electron chi connectivity index (χ4n) is 2.08. The fraction of sp³-hybridized carbons (Fsp3) is 0.615. The quantitative estimate of drug-likeness (QED) is 0.711. The number of aryl methyl sites for hydroxylation is 1. The van der Waals surface area contributed by atoms with Crippen LogP contribution >= 0.6 is 0 Å². The van der Waals surface area contributed by atoms with Gasteiger partial charge in [0.15, 0.2) is 0 Å². The SMILES string of the molecule is CCCc1bccc(N(C)C)c1CCC. The van der Waals surface area contributed by atoms with Crippen molar-refractivity contribution in [3.63, 3.8) is 0 Å². The molecule has 0 aromatic carbocycles. The molecule has 0 saturated heterocycles. The molecule has 0 saturated carbocycles. The van der Waals surface area contributed by atoms with Gasteiger partial charge in [-0.2, -0.15) is 0 Å². The molecule has 1 aromatic heterocycles. The summed E-state index contributed by atoms with van der Waals surface area (Å²) in [7, 11) is 4.26. The predicted molar refractivity (Wildman–Crippen MR) is 70.1 cm³/mol. The number of hydrogen-bond acceptors (Lipinski definition) is 1. The van der Waals surface area contributed by atoms with Crippen LogP contribution in [0, 0.1) is 0 Å². The van der Waals surface area contributed by atoms with Crippen LogP contribution in [0.15, 0.2) is 12.0 Å². The summed E-state index contributed by atoms with van der Waals surface area (Å²) in [5.74, 6) is 2.18. The summed E-state index contributed by atoms with van der Waals surface area (Å²) in [5.41, 5.74) is 4.47. The van der Waals surface area contributed by atoms with Crippen LogP contribution in [0.25, 0.3) is 0 Å². The Hall–Kier alpha value is -0.785. The second kappa shape index (κ2) is 5.94. The van der Waals surface area contributed by atoms with Gasteiger partial charge in [0.05, 0.1) is 0 Å². The molecule has 0 fully saturated rings. The molecule has 15 heavy (non-hydrogen) atoms. The van der Waals surface area contributed by atoms with Crippen molar-refractivity contribution in [3.8, 4) is 0 Å². The van der Waals surface area contributed by atoms with E-state index in [0.717, 1.165) is 0 Å². The zero-order valence-electron chi connectivity index (χ0n) is 10.5. The van der Waals surface area contributed by atoms with Gasteiger partial charge in [-0.25, -0.2) is 0 Å². The van der Waals surface area contributed by atoms with E-state index in [-0.39, 0.29) is 0 Å². The van der Waals surface area contributed by atoms with E-state index in [9.17, 15) is 0 Å². The van der Waals surface area contributed by atoms with Crippen molar-refractivity contribution in [1.82, 2.24) is 0 Å². The van der Waals surface area contributed by atoms with E-state index in [1.165, 1.54) is 36.8 Å². The summed E-state index contributed by atoms with van der Waals surface area (Å²) < 4.78 is 0. The third-order valence-corrected chi connectivity index (χ3v) is 2.75. The topological polar surface area (TPSA) is 3.24 Å². The Morgan fingerprint density at radius 3 is 2.33 bits per heavy atom. The first-order valence-corrected chi connectivity index (χ1v) is 5.98. The first kappa shape index (κ1) is 12.3. The molecule has 0 spiro atoms. The van der Waals surface area contributed by atoms with Crippen LogP contribution in [0.3, 0.4) is 0 Å². The second-order valence-corrected chi connectivity index (χ2v) is 4.31. The standard InChI is InChI=1S/C13H22BN/c1-5-7-11-12(8-6-2)14-10-9-13(11)15(3)4/h9-10H,5-8H2,1-4H3. The number of nitrogens with zero attached hydrogens (tertiary/aromatic N) is 1. The van der Waals surface area contributed by atoms with E-state index in [1.807, 2.05) is 0 Å². The van der Waals surface area contributed by atoms with Gasteiger partial charge in [0.25, 0.3) is 0 Å². The van der Waals surface area contributed by atoms with Gasteiger partial charge in [-0.3, -0.25) is 0 Å². The van der Waals surface area contributed by atoms with Crippen LogP contribution in [0.5, 0.6) is 0 Å². The van der Waals surface area contributed by atoms with Gasteiger partial charge in [-0.15, -0.1) is 0 Å². The summed E-state index contributed by atoms with van der Waals surface area (Å²) in [6.45, 7) is 6.78. The second-order valence-electron chi connectivity index (χ2n) is 4.31. The molecule has 0 aliphatic carbocycles. The first-order chi connectivity index (χ1) is 7.20. The summed E-state index contributed by atoms with van der Waals surface area (Å²) in [4.78, 5) is 2.23. The van der Waals surface area contributed by atoms with Gasteiger partial charge < -0.3 is 0 Å². The molecule has 0 radical (unpaired) electrons. The van der Waals surface area contributed by atoms with Crippen molar-refractivity contribution < 1.29 is 0 Å². The van der Waals surface area contributed by atoms with E-state index in [0.29, 0.717) is 0 Å². The molecule has 1 nitrogen and oxygen atoms in total. The Labute approximate surface area is 94.7 Å². The molecular weight excluding hydrogens is 181 g/mol. The van der Waals surface area contributed by atoms with Crippen LogP contribution in [0.4, 0.5) is 5.69 Å². The monoisotopic (exact) mass is 203 g/mol. The van der Waals surface area contributed by atoms with Gasteiger partial charge in [0, 0.05) is 0 Å². The zero-order valence-corrected chi connectivity index (χ0v) is 10.5. The molecule has 0 bridgehead atoms. The average molecular weight is 203 g/mol. The molecule has 0 unspecified atom stereocenters. The van der Waals surface area contributed by atoms with Crippen molar-refractivity contribution >= 4 is 12.6 Å². The molecule has 1 rings (SSSR count). The van der Waals surface area contributed by atoms with Crippen LogP contribution < -0.4 is 4.90 Å². The molecule has 1 aromatic rings. The van der Waals surface area contributed by atoms with Crippen LogP contribution in [0.1, 0.15) is 37.7 Å². The van der Waals surface area contributed by atoms with Gasteiger partial charge in [0.2, 0.25) is 0 Å². The molecule has 82 valence electrons. The van der Waals surface area contributed by atoms with Crippen molar-refractivity contribution in [3.05, 3.63) is 23.1 Å². The summed E-state index contributed by atoms with van der Waals surface area (Å²) in [6, 6.07) is 2.23. The average Bonchev–Trinajstić information content (AvgIpc) is 2.21. The Kier molecular flexibility index (Phi) is 4.87. The molecule has 0 aliphatic heterocycles. The van der Waals surface area contributed by atoms with Gasteiger partial charge >= 0.3 is 94.2 Å². The van der Waals surface area contributed by atoms with E-state index in [4.69, 9.17) is 0 Å². The Morgan fingerprint density at radius 1 is 1.13 bits per heavy atom. The van der Waals surface area contributed by atoms with E-state index in [1.54, 1.807) is 5.56 Å². The Morgan fingerprint density at radius 2 is 1.80 bits per heavy atom. The summed E-state index contributed by atoms with van der Waals surface area (Å²) >= 11 is 0. The fourth-order valence-corrected chi connectivity index (χ4v) is 2.08. The predicted octanol–water partition coefficient (Wildman–Crippen LogP) is 3.00. The number of anilines is 1. The van der Waals surface area contributed by atoms with Crippen LogP contribution in [-0.2, 0) is 12.8 Å². The molecular formula is C13H22BN. The third kappa shape index (κ3) is 3.08. The van der Waals surface area contributed by atoms with Crippen molar-refractivity contribution in [1.29, 1.82) is 0 Å². The van der Waals surface area contributed by atoms with Crippen LogP contribution in [0.2, 0.25) is 0 Å². The zero-order chi connectivity index (χ0) is 11.3. The summed E-state index contributed by atoms with van der Waals surface area (Å²) in [5, 5.41) is 0. The summed E-state index contributed by atoms with van der Waals surface area (Å²) in [6.07, 6.45) is 4.86. The van der Waals surface area contributed by atoms with Crippen molar-refractivity contribution in [2.75, 3.05) is 19.0 Å². The Bertz CT molecular complexity index is 307. The molecule has 0 atom stereocenters. The maximum absolute atomic E-state index is 2.28. The molecule has 0 amide bonds. The van der Waals surface area contributed by atoms with Crippen molar-refractivity contribution in [2.24, 2.45) is 0 Å². The molecule has 0 aliphatic rings. The maximum atomic E-state index is 2.28. The van der Waals surface area contributed by atoms with E-state index >= 15 is 0 Å². The van der Waals surface area contributed by atoms with Gasteiger partial charge in [0.1, 0.15) is 0 Å². The number of rotatable bonds is 5. The van der Waals surface area contributed by atoms with Gasteiger partial charge in [-0.1, -0.05) is 0 Å². The third-order valence-electron chi connectivity index (χ3n) is 2.75. The molecule has 1 heterocycles. The molecule has 0 N–H and O–H groups in total. The number of hydrogen-bond donors (Lipinski definition) is 0. The van der Waals surface area contributed by atoms with E-state index < -0.39 is 0 Å². The minimum absolute atomic E-state index is 1.20. The van der Waals surface area contributed by atoms with E-state index in [2.05, 4.69) is 51.8 Å². The Balaban J connectivity index is 3.09. The van der Waals surface area contributed by atoms with Crippen LogP contribution in [-0.4, -0.2) is 21.0 Å². The van der Waals surface area contributed by atoms with Crippen molar-refractivity contribution in [2.45, 2.75) is 39.5 Å². The normalized spacial score (nSPS) is 10.1. The first-order valence-electron chi connectivity index (χ1n) is 5.98. The van der Waals surface area contributed by atoms with Gasteiger partial charge in [-0.05, 0) is 0 Å².